The Kier molecular flexibility index (Phi) is 4.49. The van der Waals surface area contributed by atoms with E-state index in [0.29, 0.717) is 5.56 Å². The highest BCUT2D eigenvalue weighted by molar-refractivity contribution is 6.06. The van der Waals surface area contributed by atoms with Crippen LogP contribution in [0, 0.1) is 0 Å². The summed E-state index contributed by atoms with van der Waals surface area (Å²) < 4.78 is 39.4. The summed E-state index contributed by atoms with van der Waals surface area (Å²) in [6, 6.07) is 18.1. The Balaban J connectivity index is 1.92. The van der Waals surface area contributed by atoms with Crippen molar-refractivity contribution in [3.63, 3.8) is 0 Å². The van der Waals surface area contributed by atoms with Crippen molar-refractivity contribution in [1.82, 2.24) is 4.90 Å². The normalized spacial score (nSPS) is 11.5. The molecule has 2 nitrogen and oxygen atoms in total. The first kappa shape index (κ1) is 17.0. The third-order valence-corrected chi connectivity index (χ3v) is 4.10. The van der Waals surface area contributed by atoms with E-state index in [1.54, 1.807) is 18.2 Å². The Bertz CT molecular complexity index is 913. The lowest BCUT2D eigenvalue weighted by Crippen LogP contribution is -2.27. The summed E-state index contributed by atoms with van der Waals surface area (Å²) in [5.41, 5.74) is -0.163. The van der Waals surface area contributed by atoms with Gasteiger partial charge < -0.3 is 4.90 Å². The van der Waals surface area contributed by atoms with Crippen LogP contribution in [0.25, 0.3) is 10.8 Å². The second kappa shape index (κ2) is 6.59. The quantitative estimate of drug-likeness (QED) is 0.645. The van der Waals surface area contributed by atoms with Crippen LogP contribution >= 0.6 is 0 Å². The van der Waals surface area contributed by atoms with Crippen LogP contribution in [0.4, 0.5) is 13.2 Å². The van der Waals surface area contributed by atoms with Gasteiger partial charge in [0.25, 0.3) is 5.91 Å². The summed E-state index contributed by atoms with van der Waals surface area (Å²) in [6.07, 6.45) is -4.44. The first-order valence-corrected chi connectivity index (χ1v) is 7.76. The molecule has 0 fully saturated rings. The third-order valence-electron chi connectivity index (χ3n) is 4.10. The lowest BCUT2D eigenvalue weighted by molar-refractivity contribution is -0.138. The zero-order valence-electron chi connectivity index (χ0n) is 13.5. The van der Waals surface area contributed by atoms with Gasteiger partial charge >= 0.3 is 6.18 Å². The van der Waals surface area contributed by atoms with E-state index >= 15 is 0 Å². The van der Waals surface area contributed by atoms with Crippen LogP contribution in [0.1, 0.15) is 21.5 Å². The van der Waals surface area contributed by atoms with E-state index in [-0.39, 0.29) is 18.0 Å². The molecule has 0 radical (unpaired) electrons. The van der Waals surface area contributed by atoms with E-state index in [1.807, 2.05) is 30.3 Å². The van der Waals surface area contributed by atoms with Gasteiger partial charge in [0, 0.05) is 19.2 Å². The molecule has 128 valence electrons. The van der Waals surface area contributed by atoms with Crippen molar-refractivity contribution in [3.8, 4) is 0 Å². The van der Waals surface area contributed by atoms with E-state index in [0.717, 1.165) is 16.8 Å². The Hall–Kier alpha value is -2.82. The second-order valence-corrected chi connectivity index (χ2v) is 5.84. The van der Waals surface area contributed by atoms with Crippen molar-refractivity contribution in [2.75, 3.05) is 7.05 Å². The molecule has 0 spiro atoms. The first-order chi connectivity index (χ1) is 11.9. The molecule has 0 bridgehead atoms. The second-order valence-electron chi connectivity index (χ2n) is 5.84. The van der Waals surface area contributed by atoms with Gasteiger partial charge in [0.15, 0.2) is 0 Å². The number of benzene rings is 3. The fourth-order valence-electron chi connectivity index (χ4n) is 2.88. The number of fused-ring (bicyclic) bond motifs is 1. The van der Waals surface area contributed by atoms with Gasteiger partial charge in [-0.3, -0.25) is 4.79 Å². The number of hydrogen-bond acceptors (Lipinski definition) is 1. The summed E-state index contributed by atoms with van der Waals surface area (Å²) in [6.45, 7) is -0.113. The van der Waals surface area contributed by atoms with Crippen molar-refractivity contribution < 1.29 is 18.0 Å². The molecule has 0 atom stereocenters. The van der Waals surface area contributed by atoms with Gasteiger partial charge in [-0.05, 0) is 28.5 Å². The molecule has 0 saturated carbocycles. The van der Waals surface area contributed by atoms with E-state index in [4.69, 9.17) is 0 Å². The van der Waals surface area contributed by atoms with Crippen LogP contribution in [0.5, 0.6) is 0 Å². The van der Waals surface area contributed by atoms with Gasteiger partial charge in [-0.2, -0.15) is 13.2 Å². The van der Waals surface area contributed by atoms with Crippen molar-refractivity contribution >= 4 is 16.7 Å². The van der Waals surface area contributed by atoms with Gasteiger partial charge in [-0.1, -0.05) is 54.6 Å². The molecule has 0 unspecified atom stereocenters. The lowest BCUT2D eigenvalue weighted by Gasteiger charge is -2.21. The van der Waals surface area contributed by atoms with Crippen LogP contribution in [-0.4, -0.2) is 17.9 Å². The minimum absolute atomic E-state index is 0.0751. The van der Waals surface area contributed by atoms with Crippen molar-refractivity contribution in [3.05, 3.63) is 83.4 Å². The van der Waals surface area contributed by atoms with Crippen LogP contribution in [0.2, 0.25) is 0 Å². The standard InChI is InChI=1S/C20H16F3NO/c1-24(13-15-8-3-5-12-18(15)20(21,22)23)19(25)17-11-6-9-14-7-2-4-10-16(14)17/h2-12H,13H2,1H3. The molecule has 0 aromatic heterocycles. The molecular weight excluding hydrogens is 327 g/mol. The molecule has 0 aliphatic heterocycles. The van der Waals surface area contributed by atoms with Gasteiger partial charge in [0.1, 0.15) is 0 Å². The number of hydrogen-bond donors (Lipinski definition) is 0. The van der Waals surface area contributed by atoms with E-state index in [1.165, 1.54) is 24.1 Å². The molecule has 0 aliphatic carbocycles. The summed E-state index contributed by atoms with van der Waals surface area (Å²) in [5.74, 6) is -0.311. The Morgan fingerprint density at radius 2 is 1.56 bits per heavy atom. The molecule has 0 heterocycles. The summed E-state index contributed by atoms with van der Waals surface area (Å²) in [5, 5.41) is 1.70. The molecule has 3 aromatic carbocycles. The molecule has 3 aromatic rings. The average Bonchev–Trinajstić information content (AvgIpc) is 2.60. The minimum atomic E-state index is -4.44. The van der Waals surface area contributed by atoms with Crippen molar-refractivity contribution in [2.24, 2.45) is 0 Å². The van der Waals surface area contributed by atoms with E-state index < -0.39 is 11.7 Å². The number of carbonyl (C=O) groups is 1. The van der Waals surface area contributed by atoms with Gasteiger partial charge in [-0.15, -0.1) is 0 Å². The minimum Gasteiger partial charge on any atom is -0.337 e. The van der Waals surface area contributed by atoms with E-state index in [9.17, 15) is 18.0 Å². The number of halogens is 3. The van der Waals surface area contributed by atoms with Gasteiger partial charge in [0.2, 0.25) is 0 Å². The number of amides is 1. The third kappa shape index (κ3) is 3.50. The largest absolute Gasteiger partial charge is 0.416 e. The SMILES string of the molecule is CN(Cc1ccccc1C(F)(F)F)C(=O)c1cccc2ccccc12. The number of rotatable bonds is 3. The highest BCUT2D eigenvalue weighted by atomic mass is 19.4. The first-order valence-electron chi connectivity index (χ1n) is 7.76. The lowest BCUT2D eigenvalue weighted by atomic mass is 10.0. The van der Waals surface area contributed by atoms with Crippen LogP contribution in [0.3, 0.4) is 0 Å². The predicted molar refractivity (Wildman–Crippen MR) is 91.2 cm³/mol. The highest BCUT2D eigenvalue weighted by Gasteiger charge is 2.33. The Labute approximate surface area is 143 Å². The zero-order valence-corrected chi connectivity index (χ0v) is 13.5. The van der Waals surface area contributed by atoms with Gasteiger partial charge in [0.05, 0.1) is 5.56 Å². The summed E-state index contributed by atoms with van der Waals surface area (Å²) in [4.78, 5) is 14.1. The molecule has 0 saturated heterocycles. The molecule has 0 aliphatic rings. The summed E-state index contributed by atoms with van der Waals surface area (Å²) in [7, 11) is 1.51. The zero-order chi connectivity index (χ0) is 18.0. The van der Waals surface area contributed by atoms with Crippen LogP contribution < -0.4 is 0 Å². The van der Waals surface area contributed by atoms with Gasteiger partial charge in [-0.25, -0.2) is 0 Å². The Morgan fingerprint density at radius 3 is 2.32 bits per heavy atom. The maximum absolute atomic E-state index is 13.1. The fourth-order valence-corrected chi connectivity index (χ4v) is 2.88. The summed E-state index contributed by atoms with van der Waals surface area (Å²) >= 11 is 0. The predicted octanol–water partition coefficient (Wildman–Crippen LogP) is 5.13. The highest BCUT2D eigenvalue weighted by Crippen LogP contribution is 2.32. The molecule has 5 heteroatoms. The number of carbonyl (C=O) groups excluding carboxylic acids is 1. The fraction of sp³-hybridized carbons (Fsp3) is 0.150. The molecule has 25 heavy (non-hydrogen) atoms. The molecular formula is C20H16F3NO. The topological polar surface area (TPSA) is 20.3 Å². The molecule has 1 amide bonds. The molecule has 3 rings (SSSR count). The average molecular weight is 343 g/mol. The monoisotopic (exact) mass is 343 g/mol. The maximum Gasteiger partial charge on any atom is 0.416 e. The van der Waals surface area contributed by atoms with Crippen molar-refractivity contribution in [1.29, 1.82) is 0 Å². The van der Waals surface area contributed by atoms with E-state index in [2.05, 4.69) is 0 Å². The molecule has 0 N–H and O–H groups in total. The Morgan fingerprint density at radius 1 is 0.920 bits per heavy atom. The smallest absolute Gasteiger partial charge is 0.337 e. The van der Waals surface area contributed by atoms with Crippen LogP contribution in [-0.2, 0) is 12.7 Å². The maximum atomic E-state index is 13.1. The number of nitrogens with zero attached hydrogens (tertiary/aromatic N) is 1. The van der Waals surface area contributed by atoms with Crippen molar-refractivity contribution in [2.45, 2.75) is 12.7 Å². The number of alkyl halides is 3. The van der Waals surface area contributed by atoms with Crippen LogP contribution in [0.15, 0.2) is 66.7 Å².